The zero-order valence-electron chi connectivity index (χ0n) is 42.4. The second-order valence-corrected chi connectivity index (χ2v) is 16.7. The number of ether oxygens (including phenoxy) is 3. The molecule has 5 heteroatoms. The first-order valence-electron chi connectivity index (χ1n) is 26.4. The molecule has 0 spiro atoms. The van der Waals surface area contributed by atoms with Crippen LogP contribution in [-0.2, 0) is 23.8 Å². The van der Waals surface area contributed by atoms with Crippen LogP contribution in [0, 0.1) is 0 Å². The minimum atomic E-state index is -0.598. The summed E-state index contributed by atoms with van der Waals surface area (Å²) in [5, 5.41) is 0. The van der Waals surface area contributed by atoms with E-state index in [0.29, 0.717) is 19.4 Å². The molecule has 0 amide bonds. The van der Waals surface area contributed by atoms with Gasteiger partial charge in [-0.05, 0) is 122 Å². The SMILES string of the molecule is CC/C=C\C/C=C\C/C=C\C/C=C\C/C=C\C/C=C\CCC(=O)OCC(COCCCCCCCC/C=C\CCCC)OC(=O)CCCCC/C=C\C/C=C\C/C=C\C/C=C\C/C=C\CC. The Morgan fingerprint density at radius 3 is 1.17 bits per heavy atom. The molecule has 0 aromatic carbocycles. The zero-order chi connectivity index (χ0) is 47.7. The van der Waals surface area contributed by atoms with Gasteiger partial charge in [0.15, 0.2) is 6.10 Å². The summed E-state index contributed by atoms with van der Waals surface area (Å²) in [6, 6.07) is 0. The second kappa shape index (κ2) is 55.1. The highest BCUT2D eigenvalue weighted by atomic mass is 16.6. The molecular weight excluding hydrogens is 813 g/mol. The van der Waals surface area contributed by atoms with E-state index in [2.05, 4.69) is 161 Å². The lowest BCUT2D eigenvalue weighted by Gasteiger charge is -2.18. The van der Waals surface area contributed by atoms with Gasteiger partial charge in [-0.25, -0.2) is 0 Å². The van der Waals surface area contributed by atoms with Gasteiger partial charge in [0.05, 0.1) is 6.61 Å². The highest BCUT2D eigenvalue weighted by molar-refractivity contribution is 5.70. The topological polar surface area (TPSA) is 61.8 Å². The number of hydrogen-bond donors (Lipinski definition) is 0. The normalized spacial score (nSPS) is 13.4. The van der Waals surface area contributed by atoms with Gasteiger partial charge in [-0.2, -0.15) is 0 Å². The Bertz CT molecular complexity index is 1450. The molecule has 0 aromatic rings. The number of carbonyl (C=O) groups is 2. The molecule has 0 saturated heterocycles. The van der Waals surface area contributed by atoms with Crippen LogP contribution < -0.4 is 0 Å². The minimum Gasteiger partial charge on any atom is -0.462 e. The third-order valence-corrected chi connectivity index (χ3v) is 10.4. The fourth-order valence-electron chi connectivity index (χ4n) is 6.48. The zero-order valence-corrected chi connectivity index (χ0v) is 42.4. The summed E-state index contributed by atoms with van der Waals surface area (Å²) in [6.45, 7) is 7.41. The van der Waals surface area contributed by atoms with Crippen molar-refractivity contribution in [3.8, 4) is 0 Å². The number of carbonyl (C=O) groups excluding carboxylic acids is 2. The fourth-order valence-corrected chi connectivity index (χ4v) is 6.48. The molecule has 0 fully saturated rings. The molecular formula is C61H96O5. The van der Waals surface area contributed by atoms with Crippen LogP contribution in [0.5, 0.6) is 0 Å². The van der Waals surface area contributed by atoms with E-state index in [4.69, 9.17) is 14.2 Å². The Morgan fingerprint density at radius 2 is 0.712 bits per heavy atom. The molecule has 1 unspecified atom stereocenters. The average Bonchev–Trinajstić information content (AvgIpc) is 3.32. The summed E-state index contributed by atoms with van der Waals surface area (Å²) in [5.74, 6) is -0.546. The summed E-state index contributed by atoms with van der Waals surface area (Å²) in [5.41, 5.74) is 0. The molecule has 0 saturated carbocycles. The van der Waals surface area contributed by atoms with Crippen LogP contribution in [-0.4, -0.2) is 37.9 Å². The quantitative estimate of drug-likeness (QED) is 0.0346. The summed E-state index contributed by atoms with van der Waals surface area (Å²) < 4.78 is 17.3. The maximum Gasteiger partial charge on any atom is 0.306 e. The molecule has 66 heavy (non-hydrogen) atoms. The summed E-state index contributed by atoms with van der Waals surface area (Å²) in [4.78, 5) is 25.4. The van der Waals surface area contributed by atoms with Crippen molar-refractivity contribution in [2.45, 2.75) is 207 Å². The molecule has 0 aliphatic heterocycles. The van der Waals surface area contributed by atoms with Crippen molar-refractivity contribution in [3.63, 3.8) is 0 Å². The van der Waals surface area contributed by atoms with Gasteiger partial charge in [0.25, 0.3) is 0 Å². The van der Waals surface area contributed by atoms with Crippen LogP contribution in [0.1, 0.15) is 201 Å². The fraction of sp³-hybridized carbons (Fsp3) is 0.574. The highest BCUT2D eigenvalue weighted by Gasteiger charge is 2.17. The first kappa shape index (κ1) is 61.8. The molecule has 0 bridgehead atoms. The molecule has 0 aromatic heterocycles. The highest BCUT2D eigenvalue weighted by Crippen LogP contribution is 2.11. The van der Waals surface area contributed by atoms with Gasteiger partial charge in [-0.1, -0.05) is 212 Å². The lowest BCUT2D eigenvalue weighted by atomic mass is 10.1. The molecule has 0 N–H and O–H groups in total. The van der Waals surface area contributed by atoms with Crippen LogP contribution in [0.15, 0.2) is 146 Å². The van der Waals surface area contributed by atoms with Crippen LogP contribution >= 0.6 is 0 Å². The Hall–Kier alpha value is -4.22. The minimum absolute atomic E-state index is 0.0191. The van der Waals surface area contributed by atoms with Crippen molar-refractivity contribution in [1.29, 1.82) is 0 Å². The predicted molar refractivity (Wildman–Crippen MR) is 288 cm³/mol. The molecule has 0 aliphatic rings. The van der Waals surface area contributed by atoms with Crippen molar-refractivity contribution < 1.29 is 23.8 Å². The van der Waals surface area contributed by atoms with Gasteiger partial charge in [0.1, 0.15) is 6.61 Å². The van der Waals surface area contributed by atoms with Gasteiger partial charge in [0, 0.05) is 19.4 Å². The molecule has 0 aliphatic carbocycles. The van der Waals surface area contributed by atoms with Crippen LogP contribution in [0.2, 0.25) is 0 Å². The largest absolute Gasteiger partial charge is 0.462 e. The van der Waals surface area contributed by atoms with Crippen molar-refractivity contribution in [3.05, 3.63) is 146 Å². The van der Waals surface area contributed by atoms with Gasteiger partial charge >= 0.3 is 11.9 Å². The van der Waals surface area contributed by atoms with E-state index < -0.39 is 6.10 Å². The standard InChI is InChI=1S/C61H96O5/c1-4-7-10-13-16-19-22-25-27-29-31-33-35-37-39-42-45-48-51-54-60(62)65-58-59(57-64-56-53-50-47-44-41-24-21-18-15-12-9-6-3)66-61(63)55-52-49-46-43-40-38-36-34-32-30-28-26-23-20-17-14-11-8-5-2/h7-8,10-11,15-20,25-28,31-34,37-40,45,48,59H,4-6,9,12-14,21-24,29-30,35-36,41-44,46-47,49-58H2,1-3H3/b10-7-,11-8-,18-15-,19-16-,20-17-,27-25-,28-26-,33-31-,34-32-,39-37-,40-38-,48-45-. The molecule has 370 valence electrons. The van der Waals surface area contributed by atoms with Gasteiger partial charge in [-0.15, -0.1) is 0 Å². The first-order chi connectivity index (χ1) is 32.6. The van der Waals surface area contributed by atoms with E-state index >= 15 is 0 Å². The maximum absolute atomic E-state index is 12.8. The van der Waals surface area contributed by atoms with E-state index in [1.165, 1.54) is 51.4 Å². The van der Waals surface area contributed by atoms with Gasteiger partial charge in [0.2, 0.25) is 0 Å². The van der Waals surface area contributed by atoms with E-state index in [1.807, 2.05) is 6.08 Å². The van der Waals surface area contributed by atoms with E-state index in [9.17, 15) is 9.59 Å². The van der Waals surface area contributed by atoms with Crippen molar-refractivity contribution in [2.24, 2.45) is 0 Å². The summed E-state index contributed by atoms with van der Waals surface area (Å²) >= 11 is 0. The van der Waals surface area contributed by atoms with E-state index in [1.54, 1.807) is 0 Å². The summed E-state index contributed by atoms with van der Waals surface area (Å²) in [7, 11) is 0. The molecule has 0 radical (unpaired) electrons. The summed E-state index contributed by atoms with van der Waals surface area (Å²) in [6.07, 6.45) is 80.1. The van der Waals surface area contributed by atoms with Gasteiger partial charge < -0.3 is 14.2 Å². The third-order valence-electron chi connectivity index (χ3n) is 10.4. The van der Waals surface area contributed by atoms with Crippen molar-refractivity contribution in [1.82, 2.24) is 0 Å². The Labute approximate surface area is 406 Å². The van der Waals surface area contributed by atoms with E-state index in [0.717, 1.165) is 109 Å². The number of hydrogen-bond acceptors (Lipinski definition) is 5. The number of unbranched alkanes of at least 4 members (excludes halogenated alkanes) is 11. The number of esters is 2. The molecule has 0 rings (SSSR count). The average molecular weight is 909 g/mol. The van der Waals surface area contributed by atoms with Gasteiger partial charge in [-0.3, -0.25) is 9.59 Å². The second-order valence-electron chi connectivity index (χ2n) is 16.7. The lowest BCUT2D eigenvalue weighted by molar-refractivity contribution is -0.162. The molecule has 1 atom stereocenters. The lowest BCUT2D eigenvalue weighted by Crippen LogP contribution is -2.30. The molecule has 0 heterocycles. The monoisotopic (exact) mass is 909 g/mol. The van der Waals surface area contributed by atoms with E-state index in [-0.39, 0.29) is 31.6 Å². The maximum atomic E-state index is 12.8. The van der Waals surface area contributed by atoms with Crippen LogP contribution in [0.25, 0.3) is 0 Å². The molecule has 5 nitrogen and oxygen atoms in total. The van der Waals surface area contributed by atoms with Crippen molar-refractivity contribution >= 4 is 11.9 Å². The van der Waals surface area contributed by atoms with Crippen LogP contribution in [0.3, 0.4) is 0 Å². The number of allylic oxidation sites excluding steroid dienone is 24. The Kier molecular flexibility index (Phi) is 51.6. The van der Waals surface area contributed by atoms with Crippen molar-refractivity contribution in [2.75, 3.05) is 19.8 Å². The van der Waals surface area contributed by atoms with Crippen LogP contribution in [0.4, 0.5) is 0 Å². The third kappa shape index (κ3) is 52.4. The predicted octanol–water partition coefficient (Wildman–Crippen LogP) is 18.1. The Morgan fingerprint density at radius 1 is 0.348 bits per heavy atom. The first-order valence-corrected chi connectivity index (χ1v) is 26.4. The number of rotatable bonds is 46. The smallest absolute Gasteiger partial charge is 0.306 e. The Balaban J connectivity index is 4.48.